The van der Waals surface area contributed by atoms with Gasteiger partial charge in [0.1, 0.15) is 16.9 Å². The van der Waals surface area contributed by atoms with Crippen molar-refractivity contribution in [2.45, 2.75) is 33.4 Å². The second kappa shape index (κ2) is 7.95. The van der Waals surface area contributed by atoms with Crippen LogP contribution in [0.3, 0.4) is 0 Å². The van der Waals surface area contributed by atoms with Crippen molar-refractivity contribution in [3.05, 3.63) is 39.7 Å². The van der Waals surface area contributed by atoms with Gasteiger partial charge >= 0.3 is 0 Å². The molecule has 2 rings (SSSR count). The molecule has 0 bridgehead atoms. The number of aromatic nitrogens is 1. The molecular weight excluding hydrogens is 300 g/mol. The number of furan rings is 1. The van der Waals surface area contributed by atoms with E-state index in [1.165, 1.54) is 4.88 Å². The summed E-state index contributed by atoms with van der Waals surface area (Å²) in [4.78, 5) is 10.2. The fourth-order valence-electron chi connectivity index (χ4n) is 1.87. The van der Waals surface area contributed by atoms with Crippen molar-refractivity contribution in [1.29, 1.82) is 0 Å². The van der Waals surface area contributed by atoms with Gasteiger partial charge in [-0.2, -0.15) is 0 Å². The van der Waals surface area contributed by atoms with Crippen LogP contribution in [0.2, 0.25) is 0 Å². The zero-order valence-corrected chi connectivity index (χ0v) is 13.9. The lowest BCUT2D eigenvalue weighted by Crippen LogP contribution is -2.39. The predicted octanol–water partition coefficient (Wildman–Crippen LogP) is 2.14. The lowest BCUT2D eigenvalue weighted by Gasteiger charge is -2.13. The van der Waals surface area contributed by atoms with Gasteiger partial charge in [-0.05, 0) is 32.9 Å². The average molecular weight is 322 g/mol. The van der Waals surface area contributed by atoms with Gasteiger partial charge in [0.2, 0.25) is 0 Å². The summed E-state index contributed by atoms with van der Waals surface area (Å²) in [6, 6.07) is 3.50. The van der Waals surface area contributed by atoms with E-state index in [-0.39, 0.29) is 0 Å². The van der Waals surface area contributed by atoms with Crippen LogP contribution < -0.4 is 10.6 Å². The van der Waals surface area contributed by atoms with Gasteiger partial charge in [0.05, 0.1) is 25.0 Å². The molecular formula is C15H22N4O2S. The van der Waals surface area contributed by atoms with E-state index in [9.17, 15) is 5.11 Å². The number of aliphatic hydroxyl groups excluding tert-OH is 1. The molecule has 2 aromatic rings. The third kappa shape index (κ3) is 4.57. The molecule has 22 heavy (non-hydrogen) atoms. The molecule has 1 atom stereocenters. The van der Waals surface area contributed by atoms with E-state index >= 15 is 0 Å². The number of rotatable bonds is 6. The molecule has 0 aromatic carbocycles. The van der Waals surface area contributed by atoms with Crippen molar-refractivity contribution in [2.24, 2.45) is 4.99 Å². The van der Waals surface area contributed by atoms with Crippen molar-refractivity contribution in [3.8, 4) is 0 Å². The molecule has 0 aliphatic heterocycles. The molecule has 0 aliphatic carbocycles. The van der Waals surface area contributed by atoms with Crippen molar-refractivity contribution in [3.63, 3.8) is 0 Å². The van der Waals surface area contributed by atoms with Gasteiger partial charge < -0.3 is 20.2 Å². The molecule has 0 aliphatic rings. The summed E-state index contributed by atoms with van der Waals surface area (Å²) >= 11 is 1.66. The molecule has 120 valence electrons. The van der Waals surface area contributed by atoms with Gasteiger partial charge in [-0.3, -0.25) is 0 Å². The van der Waals surface area contributed by atoms with E-state index in [0.717, 1.165) is 17.2 Å². The number of nitrogens with zero attached hydrogens (tertiary/aromatic N) is 2. The molecule has 0 fully saturated rings. The number of guanidine groups is 1. The van der Waals surface area contributed by atoms with Crippen LogP contribution in [-0.2, 0) is 6.54 Å². The lowest BCUT2D eigenvalue weighted by atomic mass is 10.3. The zero-order chi connectivity index (χ0) is 15.9. The van der Waals surface area contributed by atoms with Gasteiger partial charge in [0.25, 0.3) is 0 Å². The summed E-state index contributed by atoms with van der Waals surface area (Å²) < 4.78 is 5.17. The fourth-order valence-corrected chi connectivity index (χ4v) is 2.73. The van der Waals surface area contributed by atoms with E-state index in [0.29, 0.717) is 24.8 Å². The standard InChI is InChI=1S/C15H22N4O2S/c1-4-16-15(17-8-12(20)13-6-5-7-21-13)18-9-14-19-10(2)11(3)22-14/h5-7,12,20H,4,8-9H2,1-3H3,(H2,16,17,18). The molecule has 7 heteroatoms. The Morgan fingerprint density at radius 3 is 2.86 bits per heavy atom. The van der Waals surface area contributed by atoms with Gasteiger partial charge in [-0.1, -0.05) is 0 Å². The van der Waals surface area contributed by atoms with Crippen LogP contribution in [0.15, 0.2) is 27.8 Å². The van der Waals surface area contributed by atoms with Gasteiger partial charge in [-0.15, -0.1) is 11.3 Å². The molecule has 6 nitrogen and oxygen atoms in total. The summed E-state index contributed by atoms with van der Waals surface area (Å²) in [6.45, 7) is 7.66. The maximum atomic E-state index is 10.0. The molecule has 2 heterocycles. The number of aryl methyl sites for hydroxylation is 2. The van der Waals surface area contributed by atoms with Crippen molar-refractivity contribution >= 4 is 17.3 Å². The Kier molecular flexibility index (Phi) is 5.97. The number of thiazole rings is 1. The Labute approximate surface area is 134 Å². The summed E-state index contributed by atoms with van der Waals surface area (Å²) in [5.74, 6) is 1.19. The smallest absolute Gasteiger partial charge is 0.191 e. The molecule has 0 saturated heterocycles. The van der Waals surface area contributed by atoms with Crippen LogP contribution >= 0.6 is 11.3 Å². The minimum atomic E-state index is -0.705. The fraction of sp³-hybridized carbons (Fsp3) is 0.467. The molecule has 3 N–H and O–H groups in total. The Morgan fingerprint density at radius 1 is 1.45 bits per heavy atom. The maximum absolute atomic E-state index is 10.0. The van der Waals surface area contributed by atoms with E-state index in [1.807, 2.05) is 13.8 Å². The quantitative estimate of drug-likeness (QED) is 0.561. The third-order valence-electron chi connectivity index (χ3n) is 3.12. The highest BCUT2D eigenvalue weighted by atomic mass is 32.1. The van der Waals surface area contributed by atoms with Gasteiger partial charge in [0, 0.05) is 11.4 Å². The normalized spacial score (nSPS) is 13.2. The number of nitrogens with one attached hydrogen (secondary N) is 2. The Balaban J connectivity index is 1.92. The molecule has 2 aromatic heterocycles. The summed E-state index contributed by atoms with van der Waals surface area (Å²) in [5, 5.41) is 17.2. The largest absolute Gasteiger partial charge is 0.467 e. The van der Waals surface area contributed by atoms with Gasteiger partial charge in [-0.25, -0.2) is 9.98 Å². The SMILES string of the molecule is CCNC(=NCc1nc(C)c(C)s1)NCC(O)c1ccco1. The first-order valence-corrected chi connectivity index (χ1v) is 8.08. The van der Waals surface area contributed by atoms with Crippen molar-refractivity contribution in [2.75, 3.05) is 13.1 Å². The highest BCUT2D eigenvalue weighted by molar-refractivity contribution is 7.11. The molecule has 0 amide bonds. The van der Waals surface area contributed by atoms with Gasteiger partial charge in [0.15, 0.2) is 5.96 Å². The first kappa shape index (κ1) is 16.5. The Morgan fingerprint density at radius 2 is 2.27 bits per heavy atom. The molecule has 0 saturated carbocycles. The minimum absolute atomic E-state index is 0.329. The van der Waals surface area contributed by atoms with E-state index in [1.54, 1.807) is 29.7 Å². The number of aliphatic hydroxyl groups is 1. The topological polar surface area (TPSA) is 82.7 Å². The maximum Gasteiger partial charge on any atom is 0.191 e. The average Bonchev–Trinajstić information content (AvgIpc) is 3.12. The second-order valence-electron chi connectivity index (χ2n) is 4.86. The van der Waals surface area contributed by atoms with E-state index < -0.39 is 6.10 Å². The first-order chi connectivity index (χ1) is 10.6. The minimum Gasteiger partial charge on any atom is -0.467 e. The monoisotopic (exact) mass is 322 g/mol. The van der Waals surface area contributed by atoms with Crippen molar-refractivity contribution in [1.82, 2.24) is 15.6 Å². The number of hydrogen-bond acceptors (Lipinski definition) is 5. The second-order valence-corrected chi connectivity index (χ2v) is 6.14. The van der Waals surface area contributed by atoms with Crippen LogP contribution in [0.1, 0.15) is 34.4 Å². The highest BCUT2D eigenvalue weighted by Gasteiger charge is 2.11. The number of aliphatic imine (C=N–C) groups is 1. The predicted molar refractivity (Wildman–Crippen MR) is 88.1 cm³/mol. The van der Waals surface area contributed by atoms with Crippen LogP contribution in [-0.4, -0.2) is 29.1 Å². The number of hydrogen-bond donors (Lipinski definition) is 3. The summed E-state index contributed by atoms with van der Waals surface area (Å²) in [5.41, 5.74) is 1.06. The highest BCUT2D eigenvalue weighted by Crippen LogP contribution is 2.17. The molecule has 0 radical (unpaired) electrons. The Bertz CT molecular complexity index is 588. The molecule has 0 spiro atoms. The Hall–Kier alpha value is -1.86. The third-order valence-corrected chi connectivity index (χ3v) is 4.18. The van der Waals surface area contributed by atoms with Crippen LogP contribution in [0, 0.1) is 13.8 Å². The summed E-state index contributed by atoms with van der Waals surface area (Å²) in [7, 11) is 0. The van der Waals surface area contributed by atoms with Crippen LogP contribution in [0.5, 0.6) is 0 Å². The van der Waals surface area contributed by atoms with Crippen molar-refractivity contribution < 1.29 is 9.52 Å². The molecule has 1 unspecified atom stereocenters. The zero-order valence-electron chi connectivity index (χ0n) is 13.1. The summed E-state index contributed by atoms with van der Waals surface area (Å²) in [6.07, 6.45) is 0.841. The first-order valence-electron chi connectivity index (χ1n) is 7.26. The van der Waals surface area contributed by atoms with Crippen LogP contribution in [0.25, 0.3) is 0 Å². The van der Waals surface area contributed by atoms with Crippen LogP contribution in [0.4, 0.5) is 0 Å². The lowest BCUT2D eigenvalue weighted by molar-refractivity contribution is 0.153. The van der Waals surface area contributed by atoms with E-state index in [4.69, 9.17) is 4.42 Å². The van der Waals surface area contributed by atoms with E-state index in [2.05, 4.69) is 27.5 Å².